The van der Waals surface area contributed by atoms with E-state index in [-0.39, 0.29) is 16.7 Å². The van der Waals surface area contributed by atoms with Crippen LogP contribution >= 0.6 is 11.6 Å². The van der Waals surface area contributed by atoms with Crippen molar-refractivity contribution in [1.29, 1.82) is 0 Å². The Kier molecular flexibility index (Phi) is 5.19. The first-order chi connectivity index (χ1) is 12.0. The van der Waals surface area contributed by atoms with E-state index in [1.807, 2.05) is 18.2 Å². The largest absolute Gasteiger partial charge is 0.493 e. The molecule has 1 N–H and O–H groups in total. The summed E-state index contributed by atoms with van der Waals surface area (Å²) in [4.78, 5) is 12.0. The Morgan fingerprint density at radius 2 is 2.12 bits per heavy atom. The quantitative estimate of drug-likeness (QED) is 0.792. The van der Waals surface area contributed by atoms with E-state index < -0.39 is 6.61 Å². The zero-order valence-electron chi connectivity index (χ0n) is 13.0. The summed E-state index contributed by atoms with van der Waals surface area (Å²) in [5.74, 6) is 0.364. The zero-order valence-corrected chi connectivity index (χ0v) is 13.7. The summed E-state index contributed by atoms with van der Waals surface area (Å²) >= 11 is 5.84. The second-order valence-electron chi connectivity index (χ2n) is 5.31. The van der Waals surface area contributed by atoms with Crippen molar-refractivity contribution in [1.82, 2.24) is 0 Å². The highest BCUT2D eigenvalue weighted by molar-refractivity contribution is 6.32. The maximum atomic E-state index is 12.2. The van der Waals surface area contributed by atoms with Crippen LogP contribution in [-0.4, -0.2) is 19.1 Å². The molecule has 1 heterocycles. The molecular formula is C18H14ClF2NO3. The van der Waals surface area contributed by atoms with Gasteiger partial charge in [0.25, 0.3) is 0 Å². The Bertz CT molecular complexity index is 824. The summed E-state index contributed by atoms with van der Waals surface area (Å²) in [6.07, 6.45) is 3.92. The number of anilines is 1. The van der Waals surface area contributed by atoms with E-state index in [2.05, 4.69) is 10.1 Å². The van der Waals surface area contributed by atoms with Gasteiger partial charge in [0.05, 0.1) is 11.6 Å². The number of nitrogens with one attached hydrogen (secondary N) is 1. The zero-order chi connectivity index (χ0) is 17.8. The molecule has 0 unspecified atom stereocenters. The number of hydrogen-bond donors (Lipinski definition) is 1. The Morgan fingerprint density at radius 1 is 1.28 bits per heavy atom. The lowest BCUT2D eigenvalue weighted by Crippen LogP contribution is -2.08. The van der Waals surface area contributed by atoms with Gasteiger partial charge in [-0.15, -0.1) is 0 Å². The van der Waals surface area contributed by atoms with Crippen molar-refractivity contribution >= 4 is 29.3 Å². The van der Waals surface area contributed by atoms with Gasteiger partial charge in [0.2, 0.25) is 5.91 Å². The molecule has 0 atom stereocenters. The molecule has 4 nitrogen and oxygen atoms in total. The van der Waals surface area contributed by atoms with Crippen molar-refractivity contribution < 1.29 is 23.0 Å². The van der Waals surface area contributed by atoms with Gasteiger partial charge in [-0.1, -0.05) is 17.7 Å². The first kappa shape index (κ1) is 17.2. The Balaban J connectivity index is 1.63. The fourth-order valence-corrected chi connectivity index (χ4v) is 2.66. The molecule has 25 heavy (non-hydrogen) atoms. The number of fused-ring (bicyclic) bond motifs is 1. The molecule has 0 spiro atoms. The first-order valence-electron chi connectivity index (χ1n) is 7.50. The highest BCUT2D eigenvalue weighted by Crippen LogP contribution is 2.29. The molecule has 0 saturated carbocycles. The predicted molar refractivity (Wildman–Crippen MR) is 91.4 cm³/mol. The number of hydrogen-bond acceptors (Lipinski definition) is 3. The van der Waals surface area contributed by atoms with Gasteiger partial charge in [0.15, 0.2) is 0 Å². The lowest BCUT2D eigenvalue weighted by Gasteiger charge is -2.08. The van der Waals surface area contributed by atoms with E-state index in [1.165, 1.54) is 24.3 Å². The molecule has 0 aliphatic carbocycles. The van der Waals surface area contributed by atoms with Crippen LogP contribution in [0.4, 0.5) is 14.5 Å². The highest BCUT2D eigenvalue weighted by Gasteiger charge is 2.12. The smallest absolute Gasteiger partial charge is 0.387 e. The third-order valence-electron chi connectivity index (χ3n) is 3.56. The molecule has 2 aromatic carbocycles. The summed E-state index contributed by atoms with van der Waals surface area (Å²) in [6.45, 7) is -2.28. The number of carbonyl (C=O) groups is 1. The van der Waals surface area contributed by atoms with Crippen LogP contribution in [0.2, 0.25) is 5.02 Å². The fourth-order valence-electron chi connectivity index (χ4n) is 2.44. The van der Waals surface area contributed by atoms with Crippen LogP contribution in [0.15, 0.2) is 42.5 Å². The maximum absolute atomic E-state index is 12.2. The van der Waals surface area contributed by atoms with Crippen LogP contribution < -0.4 is 14.8 Å². The molecular weight excluding hydrogens is 352 g/mol. The van der Waals surface area contributed by atoms with E-state index >= 15 is 0 Å². The SMILES string of the molecule is O=C(/C=C/c1ccc2c(c1)CCO2)Nc1ccc(OC(F)F)c(Cl)c1. The van der Waals surface area contributed by atoms with Crippen molar-refractivity contribution in [2.75, 3.05) is 11.9 Å². The highest BCUT2D eigenvalue weighted by atomic mass is 35.5. The van der Waals surface area contributed by atoms with Gasteiger partial charge < -0.3 is 14.8 Å². The molecule has 0 bridgehead atoms. The molecule has 0 radical (unpaired) electrons. The third-order valence-corrected chi connectivity index (χ3v) is 3.85. The summed E-state index contributed by atoms with van der Waals surface area (Å²) in [5.41, 5.74) is 2.38. The van der Waals surface area contributed by atoms with Crippen LogP contribution in [0.1, 0.15) is 11.1 Å². The van der Waals surface area contributed by atoms with Crippen molar-refractivity contribution in [2.24, 2.45) is 0 Å². The minimum absolute atomic E-state index is 0.0132. The number of ether oxygens (including phenoxy) is 2. The number of rotatable bonds is 5. The predicted octanol–water partition coefficient (Wildman–Crippen LogP) is 4.53. The van der Waals surface area contributed by atoms with E-state index in [9.17, 15) is 13.6 Å². The standard InChI is InChI=1S/C18H14ClF2NO3/c19-14-10-13(3-5-16(14)25-18(20)21)22-17(23)6-2-11-1-4-15-12(9-11)7-8-24-15/h1-6,9-10,18H,7-8H2,(H,22,23)/b6-2+. The van der Waals surface area contributed by atoms with Gasteiger partial charge in [-0.2, -0.15) is 8.78 Å². The average Bonchev–Trinajstić information content (AvgIpc) is 3.03. The van der Waals surface area contributed by atoms with Crippen LogP contribution in [-0.2, 0) is 11.2 Å². The van der Waals surface area contributed by atoms with Crippen LogP contribution in [0.3, 0.4) is 0 Å². The molecule has 0 aromatic heterocycles. The maximum Gasteiger partial charge on any atom is 0.387 e. The van der Waals surface area contributed by atoms with Gasteiger partial charge in [0, 0.05) is 18.2 Å². The van der Waals surface area contributed by atoms with Crippen molar-refractivity contribution in [3.8, 4) is 11.5 Å². The number of benzene rings is 2. The van der Waals surface area contributed by atoms with E-state index in [0.717, 1.165) is 23.3 Å². The number of alkyl halides is 2. The summed E-state index contributed by atoms with van der Waals surface area (Å²) in [7, 11) is 0. The fraction of sp³-hybridized carbons (Fsp3) is 0.167. The third kappa shape index (κ3) is 4.48. The summed E-state index contributed by atoms with van der Waals surface area (Å²) in [5, 5.41) is 2.59. The Morgan fingerprint density at radius 3 is 2.88 bits per heavy atom. The van der Waals surface area contributed by atoms with Gasteiger partial charge >= 0.3 is 6.61 Å². The molecule has 0 fully saturated rings. The van der Waals surface area contributed by atoms with Crippen LogP contribution in [0.5, 0.6) is 11.5 Å². The normalized spacial score (nSPS) is 13.0. The van der Waals surface area contributed by atoms with Crippen molar-refractivity contribution in [3.05, 3.63) is 58.6 Å². The minimum atomic E-state index is -2.96. The second-order valence-corrected chi connectivity index (χ2v) is 5.72. The molecule has 7 heteroatoms. The molecule has 0 saturated heterocycles. The topological polar surface area (TPSA) is 47.6 Å². The number of amides is 1. The molecule has 1 amide bonds. The second kappa shape index (κ2) is 7.53. The number of carbonyl (C=O) groups excluding carboxylic acids is 1. The monoisotopic (exact) mass is 365 g/mol. The van der Waals surface area contributed by atoms with Crippen molar-refractivity contribution in [3.63, 3.8) is 0 Å². The van der Waals surface area contributed by atoms with E-state index in [0.29, 0.717) is 12.3 Å². The Labute approximate surface area is 148 Å². The van der Waals surface area contributed by atoms with E-state index in [4.69, 9.17) is 16.3 Å². The number of halogens is 3. The van der Waals surface area contributed by atoms with Gasteiger partial charge in [0.1, 0.15) is 11.5 Å². The molecule has 130 valence electrons. The molecule has 2 aromatic rings. The van der Waals surface area contributed by atoms with E-state index in [1.54, 1.807) is 6.08 Å². The van der Waals surface area contributed by atoms with Gasteiger partial charge in [-0.3, -0.25) is 4.79 Å². The van der Waals surface area contributed by atoms with Crippen molar-refractivity contribution in [2.45, 2.75) is 13.0 Å². The molecule has 1 aliphatic heterocycles. The lowest BCUT2D eigenvalue weighted by molar-refractivity contribution is -0.111. The molecule has 1 aliphatic rings. The Hall–Kier alpha value is -2.60. The first-order valence-corrected chi connectivity index (χ1v) is 7.88. The average molecular weight is 366 g/mol. The lowest BCUT2D eigenvalue weighted by atomic mass is 10.1. The summed E-state index contributed by atoms with van der Waals surface area (Å²) < 4.78 is 34.1. The van der Waals surface area contributed by atoms with Gasteiger partial charge in [-0.25, -0.2) is 0 Å². The van der Waals surface area contributed by atoms with Crippen LogP contribution in [0.25, 0.3) is 6.08 Å². The minimum Gasteiger partial charge on any atom is -0.493 e. The van der Waals surface area contributed by atoms with Gasteiger partial charge in [-0.05, 0) is 47.5 Å². The van der Waals surface area contributed by atoms with Crippen LogP contribution in [0, 0.1) is 0 Å². The summed E-state index contributed by atoms with van der Waals surface area (Å²) in [6, 6.07) is 9.76. The molecule has 3 rings (SSSR count).